The molecule has 0 aliphatic carbocycles. The number of amides is 3. The monoisotopic (exact) mass is 502 g/mol. The maximum atomic E-state index is 13.9. The SMILES string of the molecule is Cc1ccccc1C(=O)CN1C(=O)[C@H](NC(=O)Nc2ccccc2)N=C(c2ccccc2)c2ccccc21. The van der Waals surface area contributed by atoms with Gasteiger partial charge in [0.1, 0.15) is 0 Å². The molecule has 0 fully saturated rings. The molecule has 38 heavy (non-hydrogen) atoms. The summed E-state index contributed by atoms with van der Waals surface area (Å²) in [6.07, 6.45) is -1.26. The van der Waals surface area contributed by atoms with Crippen molar-refractivity contribution in [3.05, 3.63) is 131 Å². The number of benzodiazepines with no additional fused rings is 1. The van der Waals surface area contributed by atoms with Crippen molar-refractivity contribution in [1.29, 1.82) is 0 Å². The Kier molecular flexibility index (Phi) is 7.08. The van der Waals surface area contributed by atoms with E-state index < -0.39 is 18.1 Å². The highest BCUT2D eigenvalue weighted by molar-refractivity contribution is 6.21. The molecule has 4 aromatic rings. The second kappa shape index (κ2) is 10.9. The van der Waals surface area contributed by atoms with Gasteiger partial charge in [-0.3, -0.25) is 9.59 Å². The van der Waals surface area contributed by atoms with Crippen molar-refractivity contribution in [2.75, 3.05) is 16.8 Å². The number of urea groups is 1. The third-order valence-electron chi connectivity index (χ3n) is 6.30. The number of para-hydroxylation sites is 2. The Labute approximate surface area is 220 Å². The van der Waals surface area contributed by atoms with E-state index in [1.165, 1.54) is 4.90 Å². The molecule has 2 N–H and O–H groups in total. The molecular weight excluding hydrogens is 476 g/mol. The molecule has 1 atom stereocenters. The number of ketones is 1. The fraction of sp³-hybridized carbons (Fsp3) is 0.0968. The molecule has 0 unspecified atom stereocenters. The lowest BCUT2D eigenvalue weighted by Crippen LogP contribution is -2.50. The summed E-state index contributed by atoms with van der Waals surface area (Å²) in [6.45, 7) is 1.66. The van der Waals surface area contributed by atoms with Gasteiger partial charge in [0.15, 0.2) is 5.78 Å². The molecule has 3 amide bonds. The average molecular weight is 503 g/mol. The predicted molar refractivity (Wildman–Crippen MR) is 149 cm³/mol. The molecule has 1 aliphatic heterocycles. The molecule has 7 nitrogen and oxygen atoms in total. The van der Waals surface area contributed by atoms with Gasteiger partial charge in [0.2, 0.25) is 6.17 Å². The van der Waals surface area contributed by atoms with Crippen molar-refractivity contribution < 1.29 is 14.4 Å². The lowest BCUT2D eigenvalue weighted by Gasteiger charge is -2.25. The molecule has 0 bridgehead atoms. The van der Waals surface area contributed by atoms with Crippen molar-refractivity contribution in [1.82, 2.24) is 5.32 Å². The maximum Gasteiger partial charge on any atom is 0.321 e. The number of benzene rings is 4. The minimum absolute atomic E-state index is 0.198. The Morgan fingerprint density at radius 3 is 2.18 bits per heavy atom. The highest BCUT2D eigenvalue weighted by Crippen LogP contribution is 2.29. The van der Waals surface area contributed by atoms with E-state index in [2.05, 4.69) is 10.6 Å². The first-order valence-corrected chi connectivity index (χ1v) is 12.3. The van der Waals surface area contributed by atoms with Gasteiger partial charge in [-0.15, -0.1) is 0 Å². The van der Waals surface area contributed by atoms with Crippen molar-refractivity contribution >= 4 is 34.8 Å². The first-order valence-electron chi connectivity index (χ1n) is 12.3. The van der Waals surface area contributed by atoms with E-state index in [1.807, 2.05) is 73.7 Å². The van der Waals surface area contributed by atoms with Crippen molar-refractivity contribution in [2.24, 2.45) is 4.99 Å². The van der Waals surface area contributed by atoms with Gasteiger partial charge in [-0.1, -0.05) is 91.0 Å². The number of anilines is 2. The summed E-state index contributed by atoms with van der Waals surface area (Å²) in [5.74, 6) is -0.713. The van der Waals surface area contributed by atoms with Gasteiger partial charge in [-0.2, -0.15) is 0 Å². The molecule has 0 saturated carbocycles. The zero-order valence-electron chi connectivity index (χ0n) is 20.8. The van der Waals surface area contributed by atoms with Crippen LogP contribution in [-0.4, -0.2) is 36.1 Å². The van der Waals surface area contributed by atoms with Crippen LogP contribution in [0.1, 0.15) is 27.0 Å². The molecule has 0 spiro atoms. The molecule has 4 aromatic carbocycles. The van der Waals surface area contributed by atoms with E-state index in [0.29, 0.717) is 28.2 Å². The summed E-state index contributed by atoms with van der Waals surface area (Å²) in [7, 11) is 0. The third kappa shape index (κ3) is 5.22. The van der Waals surface area contributed by atoms with Crippen molar-refractivity contribution in [3.8, 4) is 0 Å². The molecule has 5 rings (SSSR count). The van der Waals surface area contributed by atoms with Crippen LogP contribution in [0.15, 0.2) is 114 Å². The lowest BCUT2D eigenvalue weighted by molar-refractivity contribution is -0.120. The Hall–Kier alpha value is -5.04. The standard InChI is InChI=1S/C31H26N4O3/c1-21-12-8-9-17-24(21)27(36)20-35-26-19-11-10-18-25(26)28(22-13-4-2-5-14-22)33-29(30(35)37)34-31(38)32-23-15-6-3-7-16-23/h2-19,29H,20H2,1H3,(H2,32,34,38)/t29-/m0/s1. The van der Waals surface area contributed by atoms with E-state index in [4.69, 9.17) is 4.99 Å². The van der Waals surface area contributed by atoms with E-state index in [9.17, 15) is 14.4 Å². The maximum absolute atomic E-state index is 13.9. The Bertz CT molecular complexity index is 1520. The van der Waals surface area contributed by atoms with Crippen LogP contribution in [0, 0.1) is 6.92 Å². The van der Waals surface area contributed by atoms with Gasteiger partial charge in [-0.25, -0.2) is 9.79 Å². The van der Waals surface area contributed by atoms with Gasteiger partial charge in [0.05, 0.1) is 17.9 Å². The number of fused-ring (bicyclic) bond motifs is 1. The molecule has 1 aliphatic rings. The summed E-state index contributed by atoms with van der Waals surface area (Å²) >= 11 is 0. The van der Waals surface area contributed by atoms with Crippen LogP contribution in [0.25, 0.3) is 0 Å². The van der Waals surface area contributed by atoms with Crippen LogP contribution in [0.4, 0.5) is 16.2 Å². The predicted octanol–water partition coefficient (Wildman–Crippen LogP) is 5.21. The number of nitrogens with one attached hydrogen (secondary N) is 2. The van der Waals surface area contributed by atoms with Gasteiger partial charge >= 0.3 is 6.03 Å². The zero-order valence-corrected chi connectivity index (χ0v) is 20.8. The Balaban J connectivity index is 1.55. The zero-order chi connectivity index (χ0) is 26.5. The summed E-state index contributed by atoms with van der Waals surface area (Å²) < 4.78 is 0. The van der Waals surface area contributed by atoms with E-state index >= 15 is 0 Å². The molecule has 188 valence electrons. The molecule has 0 saturated heterocycles. The van der Waals surface area contributed by atoms with Gasteiger partial charge in [0.25, 0.3) is 5.91 Å². The number of hydrogen-bond donors (Lipinski definition) is 2. The fourth-order valence-electron chi connectivity index (χ4n) is 4.44. The van der Waals surface area contributed by atoms with Crippen molar-refractivity contribution in [3.63, 3.8) is 0 Å². The van der Waals surface area contributed by atoms with Crippen LogP contribution in [0.2, 0.25) is 0 Å². The van der Waals surface area contributed by atoms with Crippen LogP contribution in [-0.2, 0) is 4.79 Å². The normalized spacial score (nSPS) is 14.7. The number of aryl methyl sites for hydroxylation is 1. The molecule has 7 heteroatoms. The minimum Gasteiger partial charge on any atom is -0.308 e. The number of aliphatic imine (C=N–C) groups is 1. The summed E-state index contributed by atoms with van der Waals surface area (Å²) in [5.41, 5.74) is 4.52. The first kappa shape index (κ1) is 24.6. The topological polar surface area (TPSA) is 90.9 Å². The molecule has 0 aromatic heterocycles. The quantitative estimate of drug-likeness (QED) is 0.355. The second-order valence-electron chi connectivity index (χ2n) is 8.89. The van der Waals surface area contributed by atoms with Crippen LogP contribution >= 0.6 is 0 Å². The Morgan fingerprint density at radius 1 is 0.816 bits per heavy atom. The minimum atomic E-state index is -1.26. The first-order chi connectivity index (χ1) is 18.5. The van der Waals surface area contributed by atoms with Crippen LogP contribution < -0.4 is 15.5 Å². The van der Waals surface area contributed by atoms with Gasteiger partial charge in [-0.05, 0) is 30.7 Å². The number of carbonyl (C=O) groups is 3. The van der Waals surface area contributed by atoms with Crippen LogP contribution in [0.5, 0.6) is 0 Å². The largest absolute Gasteiger partial charge is 0.321 e. The third-order valence-corrected chi connectivity index (χ3v) is 6.30. The van der Waals surface area contributed by atoms with E-state index in [-0.39, 0.29) is 12.3 Å². The molecule has 0 radical (unpaired) electrons. The molecule has 1 heterocycles. The fourth-order valence-corrected chi connectivity index (χ4v) is 4.44. The summed E-state index contributed by atoms with van der Waals surface area (Å²) in [4.78, 5) is 46.4. The van der Waals surface area contributed by atoms with E-state index in [1.54, 1.807) is 42.5 Å². The van der Waals surface area contributed by atoms with Crippen LogP contribution in [0.3, 0.4) is 0 Å². The second-order valence-corrected chi connectivity index (χ2v) is 8.89. The van der Waals surface area contributed by atoms with Crippen molar-refractivity contribution in [2.45, 2.75) is 13.1 Å². The number of Topliss-reactive ketones (excluding diaryl/α,β-unsaturated/α-hetero) is 1. The van der Waals surface area contributed by atoms with Gasteiger partial charge < -0.3 is 15.5 Å². The number of carbonyl (C=O) groups excluding carboxylic acids is 3. The van der Waals surface area contributed by atoms with Gasteiger partial charge in [0, 0.05) is 22.4 Å². The lowest BCUT2D eigenvalue weighted by atomic mass is 9.99. The highest BCUT2D eigenvalue weighted by Gasteiger charge is 2.34. The van der Waals surface area contributed by atoms with E-state index in [0.717, 1.165) is 11.1 Å². The number of rotatable bonds is 6. The average Bonchev–Trinajstić information content (AvgIpc) is 3.05. The number of nitrogens with zero attached hydrogens (tertiary/aromatic N) is 2. The smallest absolute Gasteiger partial charge is 0.308 e. The summed E-state index contributed by atoms with van der Waals surface area (Å²) in [6, 6.07) is 32.4. The Morgan fingerprint density at radius 2 is 1.45 bits per heavy atom. The molecular formula is C31H26N4O3. The highest BCUT2D eigenvalue weighted by atomic mass is 16.2. The number of hydrogen-bond acceptors (Lipinski definition) is 4. The summed E-state index contributed by atoms with van der Waals surface area (Å²) in [5, 5.41) is 5.44.